The Bertz CT molecular complexity index is 402. The largest absolute Gasteiger partial charge is 0.348 e. The second-order valence-corrected chi connectivity index (χ2v) is 5.07. The van der Waals surface area contributed by atoms with E-state index in [4.69, 9.17) is 5.73 Å². The lowest BCUT2D eigenvalue weighted by Crippen LogP contribution is -2.46. The summed E-state index contributed by atoms with van der Waals surface area (Å²) in [4.78, 5) is 16.2. The lowest BCUT2D eigenvalue weighted by molar-refractivity contribution is 0.0928. The topological polar surface area (TPSA) is 68.0 Å². The fourth-order valence-corrected chi connectivity index (χ4v) is 2.37. The first-order valence-corrected chi connectivity index (χ1v) is 6.66. The molecule has 0 saturated heterocycles. The van der Waals surface area contributed by atoms with Crippen molar-refractivity contribution in [3.63, 3.8) is 0 Å². The Kier molecular flexibility index (Phi) is 4.31. The van der Waals surface area contributed by atoms with Gasteiger partial charge in [0, 0.05) is 24.0 Å². The van der Waals surface area contributed by atoms with Crippen LogP contribution >= 0.6 is 0 Å². The van der Waals surface area contributed by atoms with Gasteiger partial charge in [-0.1, -0.05) is 19.3 Å². The molecule has 2 rings (SSSR count). The third kappa shape index (κ3) is 3.29. The number of amides is 1. The Hall–Kier alpha value is -1.42. The number of aromatic nitrogens is 1. The Morgan fingerprint density at radius 2 is 2.11 bits per heavy atom. The van der Waals surface area contributed by atoms with Crippen molar-refractivity contribution in [2.24, 2.45) is 5.73 Å². The molecule has 3 N–H and O–H groups in total. The monoisotopic (exact) mass is 247 g/mol. The van der Waals surface area contributed by atoms with Crippen molar-refractivity contribution in [2.75, 3.05) is 0 Å². The smallest absolute Gasteiger partial charge is 0.253 e. The average molecular weight is 247 g/mol. The van der Waals surface area contributed by atoms with E-state index in [1.54, 1.807) is 12.3 Å². The number of carbonyl (C=O) groups is 1. The van der Waals surface area contributed by atoms with Crippen LogP contribution in [0.25, 0.3) is 0 Å². The fourth-order valence-electron chi connectivity index (χ4n) is 2.37. The third-order valence-corrected chi connectivity index (χ3v) is 3.56. The van der Waals surface area contributed by atoms with E-state index in [9.17, 15) is 4.79 Å². The lowest BCUT2D eigenvalue weighted by Gasteiger charge is -2.22. The molecule has 2 atom stereocenters. The van der Waals surface area contributed by atoms with Crippen LogP contribution in [-0.2, 0) is 0 Å². The van der Waals surface area contributed by atoms with Crippen molar-refractivity contribution in [2.45, 2.75) is 51.1 Å². The summed E-state index contributed by atoms with van der Waals surface area (Å²) in [5, 5.41) is 3.04. The van der Waals surface area contributed by atoms with Crippen molar-refractivity contribution >= 4 is 5.91 Å². The normalized spacial score (nSPS) is 24.3. The number of hydrogen-bond acceptors (Lipinski definition) is 3. The first kappa shape index (κ1) is 13.0. The van der Waals surface area contributed by atoms with Gasteiger partial charge < -0.3 is 11.1 Å². The van der Waals surface area contributed by atoms with Gasteiger partial charge in [0.2, 0.25) is 0 Å². The highest BCUT2D eigenvalue weighted by atomic mass is 16.1. The van der Waals surface area contributed by atoms with E-state index in [0.717, 1.165) is 25.0 Å². The number of carbonyl (C=O) groups excluding carboxylic acids is 1. The van der Waals surface area contributed by atoms with E-state index in [-0.39, 0.29) is 18.0 Å². The summed E-state index contributed by atoms with van der Waals surface area (Å²) in [6, 6.07) is 3.83. The fraction of sp³-hybridized carbons (Fsp3) is 0.571. The van der Waals surface area contributed by atoms with Crippen LogP contribution in [0.3, 0.4) is 0 Å². The minimum absolute atomic E-state index is 0.0650. The number of nitrogens with zero attached hydrogens (tertiary/aromatic N) is 1. The van der Waals surface area contributed by atoms with Crippen molar-refractivity contribution in [3.8, 4) is 0 Å². The molecule has 0 bridgehead atoms. The molecule has 1 saturated carbocycles. The SMILES string of the molecule is Cc1ccc(C(=O)NC2CCCCCC2N)cn1. The van der Waals surface area contributed by atoms with Gasteiger partial charge >= 0.3 is 0 Å². The predicted molar refractivity (Wildman–Crippen MR) is 71.3 cm³/mol. The number of nitrogens with two attached hydrogens (primary N) is 1. The number of hydrogen-bond donors (Lipinski definition) is 2. The molecule has 1 amide bonds. The summed E-state index contributed by atoms with van der Waals surface area (Å²) in [6.45, 7) is 1.91. The van der Waals surface area contributed by atoms with Crippen LogP contribution in [0.1, 0.15) is 48.2 Å². The summed E-state index contributed by atoms with van der Waals surface area (Å²) in [7, 11) is 0. The van der Waals surface area contributed by atoms with E-state index >= 15 is 0 Å². The van der Waals surface area contributed by atoms with Gasteiger partial charge in [-0.05, 0) is 31.9 Å². The molecule has 4 heteroatoms. The molecule has 0 aromatic carbocycles. The van der Waals surface area contributed by atoms with Crippen molar-refractivity contribution in [3.05, 3.63) is 29.6 Å². The third-order valence-electron chi connectivity index (χ3n) is 3.56. The Labute approximate surface area is 108 Å². The molecule has 0 aliphatic heterocycles. The summed E-state index contributed by atoms with van der Waals surface area (Å²) in [5.41, 5.74) is 7.62. The van der Waals surface area contributed by atoms with Crippen LogP contribution in [0.15, 0.2) is 18.3 Å². The summed E-state index contributed by atoms with van der Waals surface area (Å²) in [5.74, 6) is -0.0650. The molecule has 4 nitrogen and oxygen atoms in total. The van der Waals surface area contributed by atoms with Crippen LogP contribution in [0.2, 0.25) is 0 Å². The first-order chi connectivity index (χ1) is 8.66. The minimum atomic E-state index is -0.0650. The molecule has 1 aliphatic carbocycles. The minimum Gasteiger partial charge on any atom is -0.348 e. The van der Waals surface area contributed by atoms with E-state index in [2.05, 4.69) is 10.3 Å². The van der Waals surface area contributed by atoms with E-state index < -0.39 is 0 Å². The van der Waals surface area contributed by atoms with E-state index in [1.807, 2.05) is 13.0 Å². The second kappa shape index (κ2) is 5.96. The number of pyridine rings is 1. The van der Waals surface area contributed by atoms with Gasteiger partial charge in [0.25, 0.3) is 5.91 Å². The van der Waals surface area contributed by atoms with Crippen LogP contribution in [0.5, 0.6) is 0 Å². The maximum Gasteiger partial charge on any atom is 0.253 e. The Morgan fingerprint density at radius 3 is 2.83 bits per heavy atom. The van der Waals surface area contributed by atoms with Gasteiger partial charge in [0.05, 0.1) is 5.56 Å². The maximum atomic E-state index is 12.1. The second-order valence-electron chi connectivity index (χ2n) is 5.07. The van der Waals surface area contributed by atoms with Crippen molar-refractivity contribution < 1.29 is 4.79 Å². The van der Waals surface area contributed by atoms with Crippen LogP contribution in [0.4, 0.5) is 0 Å². The zero-order valence-corrected chi connectivity index (χ0v) is 10.9. The van der Waals surface area contributed by atoms with Gasteiger partial charge in [0.1, 0.15) is 0 Å². The summed E-state index contributed by atoms with van der Waals surface area (Å²) >= 11 is 0. The zero-order valence-electron chi connectivity index (χ0n) is 10.9. The van der Waals surface area contributed by atoms with Gasteiger partial charge in [0.15, 0.2) is 0 Å². The Balaban J connectivity index is 1.99. The maximum absolute atomic E-state index is 12.1. The Morgan fingerprint density at radius 1 is 1.33 bits per heavy atom. The van der Waals surface area contributed by atoms with Gasteiger partial charge in [-0.15, -0.1) is 0 Å². The number of aryl methyl sites for hydroxylation is 1. The lowest BCUT2D eigenvalue weighted by atomic mass is 10.0. The molecule has 1 aromatic rings. The zero-order chi connectivity index (χ0) is 13.0. The van der Waals surface area contributed by atoms with Gasteiger partial charge in [-0.25, -0.2) is 0 Å². The molecular weight excluding hydrogens is 226 g/mol. The van der Waals surface area contributed by atoms with Crippen molar-refractivity contribution in [1.82, 2.24) is 10.3 Å². The van der Waals surface area contributed by atoms with Crippen molar-refractivity contribution in [1.29, 1.82) is 0 Å². The average Bonchev–Trinajstić information content (AvgIpc) is 2.56. The highest BCUT2D eigenvalue weighted by Gasteiger charge is 2.22. The van der Waals surface area contributed by atoms with E-state index in [1.165, 1.54) is 12.8 Å². The summed E-state index contributed by atoms with van der Waals surface area (Å²) < 4.78 is 0. The molecule has 98 valence electrons. The highest BCUT2D eigenvalue weighted by molar-refractivity contribution is 5.94. The van der Waals surface area contributed by atoms with Gasteiger partial charge in [-0.2, -0.15) is 0 Å². The molecule has 0 radical (unpaired) electrons. The molecule has 2 unspecified atom stereocenters. The molecule has 1 heterocycles. The van der Waals surface area contributed by atoms with Crippen LogP contribution in [0, 0.1) is 6.92 Å². The van der Waals surface area contributed by atoms with E-state index in [0.29, 0.717) is 5.56 Å². The quantitative estimate of drug-likeness (QED) is 0.783. The standard InChI is InChI=1S/C14H21N3O/c1-10-7-8-11(9-16-10)14(18)17-13-6-4-2-3-5-12(13)15/h7-9,12-13H,2-6,15H2,1H3,(H,17,18). The molecule has 1 fully saturated rings. The number of nitrogens with one attached hydrogen (secondary N) is 1. The molecule has 1 aromatic heterocycles. The van der Waals surface area contributed by atoms with Gasteiger partial charge in [-0.3, -0.25) is 9.78 Å². The molecular formula is C14H21N3O. The van der Waals surface area contributed by atoms with Crippen LogP contribution in [-0.4, -0.2) is 23.0 Å². The molecule has 0 spiro atoms. The molecule has 18 heavy (non-hydrogen) atoms. The number of rotatable bonds is 2. The molecule has 1 aliphatic rings. The summed E-state index contributed by atoms with van der Waals surface area (Å²) in [6.07, 6.45) is 7.12. The predicted octanol–water partition coefficient (Wildman–Crippen LogP) is 1.78. The first-order valence-electron chi connectivity index (χ1n) is 6.66. The van der Waals surface area contributed by atoms with Crippen LogP contribution < -0.4 is 11.1 Å². The highest BCUT2D eigenvalue weighted by Crippen LogP contribution is 2.17.